The summed E-state index contributed by atoms with van der Waals surface area (Å²) in [5.74, 6) is 2.80. The fourth-order valence-corrected chi connectivity index (χ4v) is 5.46. The second-order valence-electron chi connectivity index (χ2n) is 9.60. The second-order valence-corrected chi connectivity index (χ2v) is 9.60. The molecule has 2 aromatic rings. The van der Waals surface area contributed by atoms with E-state index in [0.717, 1.165) is 81.0 Å². The van der Waals surface area contributed by atoms with Crippen LogP contribution in [0.5, 0.6) is 17.2 Å². The molecule has 2 aliphatic rings. The van der Waals surface area contributed by atoms with E-state index in [4.69, 9.17) is 14.2 Å². The molecule has 1 saturated heterocycles. The van der Waals surface area contributed by atoms with E-state index in [1.54, 1.807) is 14.2 Å². The minimum absolute atomic E-state index is 0.275. The number of nitrogens with zero attached hydrogens (tertiary/aromatic N) is 2. The van der Waals surface area contributed by atoms with Crippen molar-refractivity contribution in [3.8, 4) is 17.2 Å². The molecular formula is C28H38N2O4. The van der Waals surface area contributed by atoms with Gasteiger partial charge in [0.25, 0.3) is 0 Å². The highest BCUT2D eigenvalue weighted by atomic mass is 16.5. The van der Waals surface area contributed by atoms with Gasteiger partial charge in [0.1, 0.15) is 12.4 Å². The first-order chi connectivity index (χ1) is 16.6. The minimum Gasteiger partial charge on any atom is -0.493 e. The number of likely N-dealkylation sites (N-methyl/N-ethyl adjacent to an activating group) is 1. The Hall–Kier alpha value is -2.73. The van der Waals surface area contributed by atoms with Crippen LogP contribution in [0.2, 0.25) is 0 Å². The number of fused-ring (bicyclic) bond motifs is 1. The van der Waals surface area contributed by atoms with E-state index in [-0.39, 0.29) is 11.3 Å². The van der Waals surface area contributed by atoms with E-state index in [2.05, 4.69) is 23.1 Å². The molecule has 0 aliphatic carbocycles. The molecule has 0 saturated carbocycles. The van der Waals surface area contributed by atoms with Gasteiger partial charge in [0.05, 0.1) is 26.2 Å². The molecule has 1 fully saturated rings. The molecule has 0 atom stereocenters. The highest BCUT2D eigenvalue weighted by molar-refractivity contribution is 5.82. The molecule has 4 rings (SSSR count). The van der Waals surface area contributed by atoms with Crippen LogP contribution >= 0.6 is 0 Å². The lowest BCUT2D eigenvalue weighted by atomic mass is 9.73. The van der Waals surface area contributed by atoms with Crippen molar-refractivity contribution in [1.82, 2.24) is 9.80 Å². The quantitative estimate of drug-likeness (QED) is 0.662. The molecular weight excluding hydrogens is 428 g/mol. The molecule has 34 heavy (non-hydrogen) atoms. The largest absolute Gasteiger partial charge is 0.493 e. The summed E-state index contributed by atoms with van der Waals surface area (Å²) in [6.07, 6.45) is 5.86. The van der Waals surface area contributed by atoms with E-state index in [0.29, 0.717) is 13.2 Å². The van der Waals surface area contributed by atoms with Crippen LogP contribution in [0.1, 0.15) is 43.2 Å². The lowest BCUT2D eigenvalue weighted by Gasteiger charge is -2.43. The summed E-state index contributed by atoms with van der Waals surface area (Å²) in [5, 5.41) is 0. The van der Waals surface area contributed by atoms with Crippen LogP contribution in [0.4, 0.5) is 0 Å². The average Bonchev–Trinajstić information content (AvgIpc) is 2.87. The number of ether oxygens (including phenoxy) is 3. The van der Waals surface area contributed by atoms with Gasteiger partial charge in [-0.15, -0.1) is 0 Å². The SMILES string of the molecule is COc1cccc(CN2CCC3(CCCCc4ccccc4OCCN(C)C3=O)CC2)c1OC. The van der Waals surface area contributed by atoms with Gasteiger partial charge in [0, 0.05) is 19.2 Å². The zero-order valence-electron chi connectivity index (χ0n) is 20.8. The number of benzene rings is 2. The van der Waals surface area contributed by atoms with Crippen molar-refractivity contribution in [3.63, 3.8) is 0 Å². The Morgan fingerprint density at radius 3 is 2.50 bits per heavy atom. The Labute approximate surface area is 203 Å². The summed E-state index contributed by atoms with van der Waals surface area (Å²) in [7, 11) is 5.29. The third-order valence-corrected chi connectivity index (χ3v) is 7.50. The average molecular weight is 467 g/mol. The van der Waals surface area contributed by atoms with Crippen LogP contribution < -0.4 is 14.2 Å². The summed E-state index contributed by atoms with van der Waals surface area (Å²) < 4.78 is 17.2. The first-order valence-electron chi connectivity index (χ1n) is 12.4. The summed E-state index contributed by atoms with van der Waals surface area (Å²) in [6.45, 7) is 3.74. The van der Waals surface area contributed by atoms with Crippen LogP contribution in [0, 0.1) is 5.41 Å². The number of amides is 1. The van der Waals surface area contributed by atoms with E-state index in [1.165, 1.54) is 5.56 Å². The van der Waals surface area contributed by atoms with Crippen LogP contribution in [0.3, 0.4) is 0 Å². The zero-order valence-corrected chi connectivity index (χ0v) is 20.8. The molecule has 0 N–H and O–H groups in total. The first-order valence-corrected chi connectivity index (χ1v) is 12.4. The number of hydrogen-bond acceptors (Lipinski definition) is 5. The number of para-hydroxylation sites is 2. The summed E-state index contributed by atoms with van der Waals surface area (Å²) in [4.78, 5) is 18.0. The Bertz CT molecular complexity index is 969. The Morgan fingerprint density at radius 1 is 0.941 bits per heavy atom. The van der Waals surface area contributed by atoms with Crippen molar-refractivity contribution in [2.45, 2.75) is 45.1 Å². The molecule has 6 nitrogen and oxygen atoms in total. The maximum absolute atomic E-state index is 13.6. The zero-order chi connectivity index (χ0) is 24.0. The molecule has 6 heteroatoms. The predicted octanol–water partition coefficient (Wildman–Crippen LogP) is 4.55. The Kier molecular flexibility index (Phi) is 7.99. The molecule has 1 amide bonds. The van der Waals surface area contributed by atoms with Crippen LogP contribution in [0.15, 0.2) is 42.5 Å². The van der Waals surface area contributed by atoms with Crippen molar-refractivity contribution in [2.75, 3.05) is 47.5 Å². The number of carbonyl (C=O) groups excluding carboxylic acids is 1. The van der Waals surface area contributed by atoms with Crippen LogP contribution in [-0.4, -0.2) is 63.2 Å². The van der Waals surface area contributed by atoms with E-state index in [1.807, 2.05) is 36.2 Å². The fourth-order valence-electron chi connectivity index (χ4n) is 5.46. The topological polar surface area (TPSA) is 51.2 Å². The van der Waals surface area contributed by atoms with Gasteiger partial charge in [-0.3, -0.25) is 9.69 Å². The number of carbonyl (C=O) groups is 1. The van der Waals surface area contributed by atoms with Gasteiger partial charge in [-0.2, -0.15) is 0 Å². The van der Waals surface area contributed by atoms with Crippen molar-refractivity contribution in [2.24, 2.45) is 5.41 Å². The molecule has 0 aromatic heterocycles. The van der Waals surface area contributed by atoms with Gasteiger partial charge in [-0.1, -0.05) is 36.8 Å². The monoisotopic (exact) mass is 466 g/mol. The number of aryl methyl sites for hydroxylation is 1. The van der Waals surface area contributed by atoms with Crippen molar-refractivity contribution in [3.05, 3.63) is 53.6 Å². The Balaban J connectivity index is 1.44. The van der Waals surface area contributed by atoms with Gasteiger partial charge in [-0.25, -0.2) is 0 Å². The normalized spacial score (nSPS) is 19.5. The molecule has 2 heterocycles. The summed E-state index contributed by atoms with van der Waals surface area (Å²) >= 11 is 0. The molecule has 0 unspecified atom stereocenters. The number of methoxy groups -OCH3 is 2. The van der Waals surface area contributed by atoms with E-state index >= 15 is 0 Å². The van der Waals surface area contributed by atoms with Crippen LogP contribution in [-0.2, 0) is 17.8 Å². The third-order valence-electron chi connectivity index (χ3n) is 7.50. The van der Waals surface area contributed by atoms with Gasteiger partial charge in [-0.05, 0) is 62.9 Å². The molecule has 0 bridgehead atoms. The molecule has 2 aliphatic heterocycles. The summed E-state index contributed by atoms with van der Waals surface area (Å²) in [5.41, 5.74) is 2.12. The molecule has 184 valence electrons. The standard InChI is InChI=1S/C28H38N2O4/c1-29-19-20-34-24-12-5-4-9-22(24)10-6-7-14-28(27(29)31)15-17-30(18-16-28)21-23-11-8-13-25(32-2)26(23)33-3/h4-5,8-9,11-13H,6-7,10,14-21H2,1-3H3. The van der Waals surface area contributed by atoms with Gasteiger partial charge >= 0.3 is 0 Å². The van der Waals surface area contributed by atoms with Gasteiger partial charge in [0.15, 0.2) is 11.5 Å². The van der Waals surface area contributed by atoms with Crippen molar-refractivity contribution >= 4 is 5.91 Å². The fraction of sp³-hybridized carbons (Fsp3) is 0.536. The lowest BCUT2D eigenvalue weighted by molar-refractivity contribution is -0.145. The number of likely N-dealkylation sites (tertiary alicyclic amines) is 1. The molecule has 0 radical (unpaired) electrons. The first kappa shape index (κ1) is 24.4. The number of hydrogen-bond donors (Lipinski definition) is 0. The van der Waals surface area contributed by atoms with E-state index in [9.17, 15) is 4.79 Å². The maximum atomic E-state index is 13.6. The third kappa shape index (κ3) is 5.33. The highest BCUT2D eigenvalue weighted by Crippen LogP contribution is 2.40. The number of piperidine rings is 1. The van der Waals surface area contributed by atoms with Gasteiger partial charge in [0.2, 0.25) is 5.91 Å². The number of rotatable bonds is 4. The van der Waals surface area contributed by atoms with Crippen molar-refractivity contribution in [1.29, 1.82) is 0 Å². The molecule has 1 spiro atoms. The summed E-state index contributed by atoms with van der Waals surface area (Å²) in [6, 6.07) is 14.3. The van der Waals surface area contributed by atoms with Crippen LogP contribution in [0.25, 0.3) is 0 Å². The van der Waals surface area contributed by atoms with Gasteiger partial charge < -0.3 is 19.1 Å². The molecule has 2 aromatic carbocycles. The smallest absolute Gasteiger partial charge is 0.228 e. The Morgan fingerprint density at radius 2 is 1.74 bits per heavy atom. The second kappa shape index (κ2) is 11.1. The predicted molar refractivity (Wildman–Crippen MR) is 134 cm³/mol. The maximum Gasteiger partial charge on any atom is 0.228 e. The highest BCUT2D eigenvalue weighted by Gasteiger charge is 2.42. The minimum atomic E-state index is -0.275. The van der Waals surface area contributed by atoms with Crippen molar-refractivity contribution < 1.29 is 19.0 Å². The lowest BCUT2D eigenvalue weighted by Crippen LogP contribution is -2.50. The van der Waals surface area contributed by atoms with E-state index < -0.39 is 0 Å².